The highest BCUT2D eigenvalue weighted by Gasteiger charge is 2.33. The third-order valence-electron chi connectivity index (χ3n) is 6.03. The third-order valence-corrected chi connectivity index (χ3v) is 6.28. The molecule has 1 aliphatic heterocycles. The van der Waals surface area contributed by atoms with Gasteiger partial charge in [0.15, 0.2) is 0 Å². The van der Waals surface area contributed by atoms with Crippen molar-refractivity contribution in [2.45, 2.75) is 18.9 Å². The summed E-state index contributed by atoms with van der Waals surface area (Å²) in [4.78, 5) is 25.8. The lowest BCUT2D eigenvalue weighted by molar-refractivity contribution is -0.384. The van der Waals surface area contributed by atoms with Gasteiger partial charge in [-0.3, -0.25) is 14.9 Å². The average molecular weight is 443 g/mol. The fraction of sp³-hybridized carbons (Fsp3) is 0.115. The molecule has 1 aliphatic rings. The van der Waals surface area contributed by atoms with Crippen LogP contribution in [0.3, 0.4) is 0 Å². The molecule has 32 heavy (non-hydrogen) atoms. The second-order valence-corrected chi connectivity index (χ2v) is 8.37. The summed E-state index contributed by atoms with van der Waals surface area (Å²) in [5.74, 6) is -0.156. The summed E-state index contributed by atoms with van der Waals surface area (Å²) in [5, 5.41) is 13.9. The quantitative estimate of drug-likeness (QED) is 0.269. The number of carbonyl (C=O) groups excluding carboxylic acids is 1. The van der Waals surface area contributed by atoms with Crippen LogP contribution >= 0.6 is 11.6 Å². The van der Waals surface area contributed by atoms with Crippen LogP contribution in [0.2, 0.25) is 5.02 Å². The maximum atomic E-state index is 13.3. The van der Waals surface area contributed by atoms with E-state index in [0.29, 0.717) is 18.0 Å². The maximum absolute atomic E-state index is 13.3. The summed E-state index contributed by atoms with van der Waals surface area (Å²) < 4.78 is 0. The van der Waals surface area contributed by atoms with Gasteiger partial charge in [0.05, 0.1) is 11.5 Å². The van der Waals surface area contributed by atoms with Crippen molar-refractivity contribution in [1.82, 2.24) is 0 Å². The molecular formula is C26H19ClN2O3. The monoisotopic (exact) mass is 442 g/mol. The van der Waals surface area contributed by atoms with E-state index in [1.54, 1.807) is 12.1 Å². The van der Waals surface area contributed by atoms with Crippen LogP contribution < -0.4 is 4.90 Å². The van der Waals surface area contributed by atoms with Crippen molar-refractivity contribution >= 4 is 39.7 Å². The Kier molecular flexibility index (Phi) is 5.11. The van der Waals surface area contributed by atoms with Gasteiger partial charge >= 0.3 is 0 Å². The van der Waals surface area contributed by atoms with Gasteiger partial charge in [0.2, 0.25) is 5.91 Å². The smallest absolute Gasteiger partial charge is 0.269 e. The second kappa shape index (κ2) is 8.09. The number of anilines is 1. The fourth-order valence-electron chi connectivity index (χ4n) is 4.47. The molecule has 6 heteroatoms. The molecule has 0 fully saturated rings. The number of nitrogens with zero attached hydrogens (tertiary/aromatic N) is 2. The molecule has 0 aliphatic carbocycles. The number of fused-ring (bicyclic) bond motifs is 3. The zero-order valence-electron chi connectivity index (χ0n) is 17.1. The Hall–Kier alpha value is -3.70. The van der Waals surface area contributed by atoms with Crippen LogP contribution in [0.5, 0.6) is 0 Å². The topological polar surface area (TPSA) is 63.4 Å². The Bertz CT molecular complexity index is 1330. The molecule has 1 unspecified atom stereocenters. The van der Waals surface area contributed by atoms with Crippen molar-refractivity contribution in [2.75, 3.05) is 4.90 Å². The van der Waals surface area contributed by atoms with E-state index in [4.69, 9.17) is 11.6 Å². The van der Waals surface area contributed by atoms with Gasteiger partial charge in [-0.05, 0) is 45.7 Å². The Morgan fingerprint density at radius 3 is 2.38 bits per heavy atom. The third kappa shape index (κ3) is 3.61. The molecule has 1 heterocycles. The maximum Gasteiger partial charge on any atom is 0.269 e. The van der Waals surface area contributed by atoms with E-state index in [1.807, 2.05) is 53.4 Å². The first-order chi connectivity index (χ1) is 15.5. The van der Waals surface area contributed by atoms with E-state index in [1.165, 1.54) is 12.1 Å². The molecule has 4 aromatic carbocycles. The van der Waals surface area contributed by atoms with E-state index >= 15 is 0 Å². The van der Waals surface area contributed by atoms with Crippen molar-refractivity contribution in [3.63, 3.8) is 0 Å². The number of benzene rings is 4. The molecule has 0 N–H and O–H groups in total. The number of non-ortho nitro benzene ring substituents is 1. The molecule has 158 valence electrons. The van der Waals surface area contributed by atoms with Crippen LogP contribution in [0.15, 0.2) is 84.9 Å². The highest BCUT2D eigenvalue weighted by atomic mass is 35.5. The van der Waals surface area contributed by atoms with E-state index in [2.05, 4.69) is 12.1 Å². The number of rotatable bonds is 4. The summed E-state index contributed by atoms with van der Waals surface area (Å²) in [6.45, 7) is 0.453. The number of amides is 1. The van der Waals surface area contributed by atoms with Crippen LogP contribution in [0.1, 0.15) is 29.0 Å². The Morgan fingerprint density at radius 2 is 1.66 bits per heavy atom. The standard InChI is InChI=1S/C26H19ClN2O3/c27-20-10-5-17(6-11-20)16-28-24-14-9-18-3-1-2-4-22(18)26(24)23(15-25(28)30)19-7-12-21(13-8-19)29(31)32/h1-14,23H,15-16H2. The Morgan fingerprint density at radius 1 is 0.938 bits per heavy atom. The van der Waals surface area contributed by atoms with Crippen LogP contribution in [0.4, 0.5) is 11.4 Å². The SMILES string of the molecule is O=C1CC(c2ccc([N+](=O)[O-])cc2)c2c(ccc3ccccc23)N1Cc1ccc(Cl)cc1. The number of nitro benzene ring substituents is 1. The highest BCUT2D eigenvalue weighted by molar-refractivity contribution is 6.30. The molecular weight excluding hydrogens is 424 g/mol. The first kappa shape index (κ1) is 20.2. The van der Waals surface area contributed by atoms with Crippen LogP contribution in [-0.4, -0.2) is 10.8 Å². The van der Waals surface area contributed by atoms with Gasteiger partial charge in [-0.15, -0.1) is 0 Å². The summed E-state index contributed by atoms with van der Waals surface area (Å²) in [6, 6.07) is 26.2. The molecule has 1 atom stereocenters. The lowest BCUT2D eigenvalue weighted by Gasteiger charge is -2.35. The number of carbonyl (C=O) groups is 1. The van der Waals surface area contributed by atoms with Crippen molar-refractivity contribution in [3.8, 4) is 0 Å². The molecule has 1 amide bonds. The summed E-state index contributed by atoms with van der Waals surface area (Å²) in [7, 11) is 0. The lowest BCUT2D eigenvalue weighted by atomic mass is 9.81. The number of nitro groups is 1. The number of hydrogen-bond acceptors (Lipinski definition) is 3. The summed E-state index contributed by atoms with van der Waals surface area (Å²) in [5.41, 5.74) is 3.88. The highest BCUT2D eigenvalue weighted by Crippen LogP contribution is 2.44. The van der Waals surface area contributed by atoms with E-state index in [0.717, 1.165) is 33.2 Å². The van der Waals surface area contributed by atoms with E-state index in [9.17, 15) is 14.9 Å². The summed E-state index contributed by atoms with van der Waals surface area (Å²) in [6.07, 6.45) is 0.298. The fourth-order valence-corrected chi connectivity index (χ4v) is 4.59. The predicted molar refractivity (Wildman–Crippen MR) is 126 cm³/mol. The van der Waals surface area contributed by atoms with Gasteiger partial charge in [-0.25, -0.2) is 0 Å². The van der Waals surface area contributed by atoms with Gasteiger partial charge in [0.1, 0.15) is 0 Å². The molecule has 0 aromatic heterocycles. The minimum absolute atomic E-state index is 0.0195. The van der Waals surface area contributed by atoms with Crippen molar-refractivity contribution in [1.29, 1.82) is 0 Å². The molecule has 0 saturated heterocycles. The first-order valence-electron chi connectivity index (χ1n) is 10.3. The molecule has 0 spiro atoms. The number of halogens is 1. The zero-order valence-corrected chi connectivity index (χ0v) is 17.8. The number of hydrogen-bond donors (Lipinski definition) is 0. The minimum Gasteiger partial charge on any atom is -0.308 e. The molecule has 0 bridgehead atoms. The van der Waals surface area contributed by atoms with Crippen molar-refractivity contribution in [2.24, 2.45) is 0 Å². The predicted octanol–water partition coefficient (Wildman–Crippen LogP) is 6.47. The molecule has 0 radical (unpaired) electrons. The lowest BCUT2D eigenvalue weighted by Crippen LogP contribution is -2.36. The van der Waals surface area contributed by atoms with Crippen LogP contribution in [0.25, 0.3) is 10.8 Å². The molecule has 5 rings (SSSR count). The largest absolute Gasteiger partial charge is 0.308 e. The van der Waals surface area contributed by atoms with E-state index in [-0.39, 0.29) is 17.5 Å². The van der Waals surface area contributed by atoms with Gasteiger partial charge in [-0.2, -0.15) is 0 Å². The van der Waals surface area contributed by atoms with Gasteiger partial charge in [0.25, 0.3) is 5.69 Å². The van der Waals surface area contributed by atoms with Crippen LogP contribution in [-0.2, 0) is 11.3 Å². The first-order valence-corrected chi connectivity index (χ1v) is 10.7. The average Bonchev–Trinajstić information content (AvgIpc) is 2.81. The normalized spacial score (nSPS) is 15.6. The van der Waals surface area contributed by atoms with Crippen molar-refractivity contribution in [3.05, 3.63) is 117 Å². The van der Waals surface area contributed by atoms with Crippen LogP contribution in [0, 0.1) is 10.1 Å². The minimum atomic E-state index is -0.410. The van der Waals surface area contributed by atoms with Crippen molar-refractivity contribution < 1.29 is 9.72 Å². The van der Waals surface area contributed by atoms with Gasteiger partial charge in [0, 0.05) is 35.2 Å². The second-order valence-electron chi connectivity index (χ2n) is 7.93. The van der Waals surface area contributed by atoms with Gasteiger partial charge < -0.3 is 4.90 Å². The zero-order chi connectivity index (χ0) is 22.2. The molecule has 0 saturated carbocycles. The van der Waals surface area contributed by atoms with E-state index < -0.39 is 4.92 Å². The van der Waals surface area contributed by atoms with Gasteiger partial charge in [-0.1, -0.05) is 66.2 Å². The Balaban J connectivity index is 1.64. The Labute approximate surface area is 190 Å². The molecule has 5 nitrogen and oxygen atoms in total. The summed E-state index contributed by atoms with van der Waals surface area (Å²) >= 11 is 6.02. The molecule has 4 aromatic rings.